The molecule has 0 aliphatic heterocycles. The van der Waals surface area contributed by atoms with Gasteiger partial charge in [0.15, 0.2) is 18.9 Å². The molecule has 0 bridgehead atoms. The lowest BCUT2D eigenvalue weighted by Gasteiger charge is -2.00. The van der Waals surface area contributed by atoms with Crippen LogP contribution in [0.25, 0.3) is 0 Å². The summed E-state index contributed by atoms with van der Waals surface area (Å²) in [5.74, 6) is -0.0736. The molecule has 0 aliphatic carbocycles. The van der Waals surface area contributed by atoms with Crippen LogP contribution in [0.1, 0.15) is 6.92 Å². The first kappa shape index (κ1) is 11.6. The Labute approximate surface area is 88.6 Å². The number of pyridine rings is 1. The molecule has 0 unspecified atom stereocenters. The minimum Gasteiger partial charge on any atom is -0.326 e. The first-order chi connectivity index (χ1) is 7.22. The van der Waals surface area contributed by atoms with Crippen LogP contribution in [0.3, 0.4) is 0 Å². The zero-order chi connectivity index (χ0) is 11.1. The first-order valence-electron chi connectivity index (χ1n) is 4.64. The largest absolute Gasteiger partial charge is 0.326 e. The van der Waals surface area contributed by atoms with Crippen molar-refractivity contribution in [2.45, 2.75) is 13.5 Å². The van der Waals surface area contributed by atoms with E-state index in [0.717, 1.165) is 5.69 Å². The molecule has 1 rings (SSSR count). The van der Waals surface area contributed by atoms with E-state index in [9.17, 15) is 4.79 Å². The van der Waals surface area contributed by atoms with Crippen molar-refractivity contribution < 1.29 is 19.1 Å². The predicted octanol–water partition coefficient (Wildman–Crippen LogP) is 0.510. The Hall–Kier alpha value is -1.46. The topological polar surface area (TPSA) is 51.4 Å². The smallest absolute Gasteiger partial charge is 0.221 e. The van der Waals surface area contributed by atoms with E-state index in [1.807, 2.05) is 29.1 Å². The van der Waals surface area contributed by atoms with E-state index < -0.39 is 0 Å². The van der Waals surface area contributed by atoms with E-state index in [1.54, 1.807) is 0 Å². The normalized spacial score (nSPS) is 10.0. The van der Waals surface area contributed by atoms with Crippen molar-refractivity contribution in [1.29, 1.82) is 0 Å². The number of aromatic nitrogens is 1. The highest BCUT2D eigenvalue weighted by Crippen LogP contribution is 2.01. The number of amides is 1. The summed E-state index contributed by atoms with van der Waals surface area (Å²) in [5.41, 5.74) is 0.784. The second-order valence-corrected chi connectivity index (χ2v) is 2.99. The monoisotopic (exact) mass is 211 g/mol. The number of anilines is 1. The predicted molar refractivity (Wildman–Crippen MR) is 53.9 cm³/mol. The van der Waals surface area contributed by atoms with Crippen LogP contribution < -0.4 is 9.88 Å². The fraction of sp³-hybridized carbons (Fsp3) is 0.400. The second kappa shape index (κ2) is 6.10. The molecule has 1 aromatic rings. The van der Waals surface area contributed by atoms with Gasteiger partial charge in [0.2, 0.25) is 5.91 Å². The van der Waals surface area contributed by atoms with E-state index in [0.29, 0.717) is 13.2 Å². The highest BCUT2D eigenvalue weighted by atomic mass is 17.2. The Morgan fingerprint density at radius 3 is 2.67 bits per heavy atom. The minimum absolute atomic E-state index is 0.0736. The SMILES string of the molecule is COOCC[n+]1ccc(NC(C)=O)cc1. The highest BCUT2D eigenvalue weighted by Gasteiger charge is 2.01. The summed E-state index contributed by atoms with van der Waals surface area (Å²) in [6, 6.07) is 3.66. The fourth-order valence-corrected chi connectivity index (χ4v) is 1.12. The quantitative estimate of drug-likeness (QED) is 0.334. The molecule has 0 saturated carbocycles. The fourth-order valence-electron chi connectivity index (χ4n) is 1.12. The minimum atomic E-state index is -0.0736. The number of hydrogen-bond acceptors (Lipinski definition) is 3. The van der Waals surface area contributed by atoms with Crippen molar-refractivity contribution in [2.24, 2.45) is 0 Å². The number of hydrogen-bond donors (Lipinski definition) is 1. The Morgan fingerprint density at radius 1 is 1.47 bits per heavy atom. The third-order valence-electron chi connectivity index (χ3n) is 1.76. The summed E-state index contributed by atoms with van der Waals surface area (Å²) in [5, 5.41) is 2.69. The Kier molecular flexibility index (Phi) is 4.73. The molecular weight excluding hydrogens is 196 g/mol. The molecule has 0 saturated heterocycles. The zero-order valence-electron chi connectivity index (χ0n) is 8.90. The summed E-state index contributed by atoms with van der Waals surface area (Å²) in [4.78, 5) is 20.0. The van der Waals surface area contributed by atoms with E-state index in [4.69, 9.17) is 4.89 Å². The van der Waals surface area contributed by atoms with Crippen molar-refractivity contribution in [3.05, 3.63) is 24.5 Å². The van der Waals surface area contributed by atoms with E-state index in [-0.39, 0.29) is 5.91 Å². The van der Waals surface area contributed by atoms with Crippen LogP contribution in [0.4, 0.5) is 5.69 Å². The van der Waals surface area contributed by atoms with Gasteiger partial charge < -0.3 is 5.32 Å². The Morgan fingerprint density at radius 2 is 2.13 bits per heavy atom. The average molecular weight is 211 g/mol. The number of nitrogens with one attached hydrogen (secondary N) is 1. The lowest BCUT2D eigenvalue weighted by molar-refractivity contribution is -0.701. The number of carbonyl (C=O) groups is 1. The molecule has 0 fully saturated rings. The molecule has 1 heterocycles. The highest BCUT2D eigenvalue weighted by molar-refractivity contribution is 5.88. The van der Waals surface area contributed by atoms with Crippen molar-refractivity contribution in [2.75, 3.05) is 19.0 Å². The summed E-state index contributed by atoms with van der Waals surface area (Å²) in [6.45, 7) is 2.67. The van der Waals surface area contributed by atoms with Crippen molar-refractivity contribution in [3.8, 4) is 0 Å². The van der Waals surface area contributed by atoms with Crippen molar-refractivity contribution in [3.63, 3.8) is 0 Å². The van der Waals surface area contributed by atoms with Crippen LogP contribution in [-0.4, -0.2) is 19.6 Å². The van der Waals surface area contributed by atoms with Crippen LogP contribution in [0.15, 0.2) is 24.5 Å². The van der Waals surface area contributed by atoms with Gasteiger partial charge in [-0.15, -0.1) is 0 Å². The summed E-state index contributed by atoms with van der Waals surface area (Å²) in [7, 11) is 1.48. The van der Waals surface area contributed by atoms with Gasteiger partial charge in [-0.1, -0.05) is 0 Å². The average Bonchev–Trinajstić information content (AvgIpc) is 2.20. The van der Waals surface area contributed by atoms with Gasteiger partial charge in [0.1, 0.15) is 6.61 Å². The number of carbonyl (C=O) groups excluding carboxylic acids is 1. The van der Waals surface area contributed by atoms with Crippen LogP contribution >= 0.6 is 0 Å². The van der Waals surface area contributed by atoms with E-state index in [2.05, 4.69) is 10.2 Å². The van der Waals surface area contributed by atoms with Crippen LogP contribution in [0.5, 0.6) is 0 Å². The molecule has 5 nitrogen and oxygen atoms in total. The maximum absolute atomic E-state index is 10.8. The number of rotatable bonds is 5. The molecular formula is C10H15N2O3+. The molecule has 5 heteroatoms. The van der Waals surface area contributed by atoms with Crippen molar-refractivity contribution in [1.82, 2.24) is 0 Å². The van der Waals surface area contributed by atoms with Gasteiger partial charge in [0.05, 0.1) is 12.8 Å². The van der Waals surface area contributed by atoms with Gasteiger partial charge in [0, 0.05) is 19.1 Å². The maximum Gasteiger partial charge on any atom is 0.221 e. The molecule has 0 aliphatic rings. The van der Waals surface area contributed by atoms with Gasteiger partial charge in [-0.3, -0.25) is 4.79 Å². The molecule has 1 aromatic heterocycles. The Balaban J connectivity index is 2.45. The zero-order valence-corrected chi connectivity index (χ0v) is 8.90. The molecule has 0 spiro atoms. The van der Waals surface area contributed by atoms with Crippen LogP contribution in [0.2, 0.25) is 0 Å². The molecule has 0 atom stereocenters. The van der Waals surface area contributed by atoms with Gasteiger partial charge in [-0.2, -0.15) is 0 Å². The van der Waals surface area contributed by atoms with Gasteiger partial charge in [-0.25, -0.2) is 14.3 Å². The first-order valence-corrected chi connectivity index (χ1v) is 4.64. The molecule has 0 radical (unpaired) electrons. The Bertz CT molecular complexity index is 311. The lowest BCUT2D eigenvalue weighted by Crippen LogP contribution is -2.35. The van der Waals surface area contributed by atoms with Gasteiger partial charge in [-0.05, 0) is 0 Å². The third kappa shape index (κ3) is 4.53. The van der Waals surface area contributed by atoms with E-state index >= 15 is 0 Å². The summed E-state index contributed by atoms with van der Waals surface area (Å²) >= 11 is 0. The van der Waals surface area contributed by atoms with Crippen molar-refractivity contribution >= 4 is 11.6 Å². The van der Waals surface area contributed by atoms with Gasteiger partial charge >= 0.3 is 0 Å². The molecule has 82 valence electrons. The number of nitrogens with zero attached hydrogens (tertiary/aromatic N) is 1. The summed E-state index contributed by atoms with van der Waals surface area (Å²) < 4.78 is 1.93. The summed E-state index contributed by atoms with van der Waals surface area (Å²) in [6.07, 6.45) is 3.73. The molecule has 15 heavy (non-hydrogen) atoms. The third-order valence-corrected chi connectivity index (χ3v) is 1.76. The molecule has 1 amide bonds. The standard InChI is InChI=1S/C10H14N2O3/c1-9(13)11-10-3-5-12(6-4-10)7-8-15-14-2/h3-6H,7-8H2,1-2H3/p+1. The van der Waals surface area contributed by atoms with E-state index in [1.165, 1.54) is 14.0 Å². The molecule has 1 N–H and O–H groups in total. The van der Waals surface area contributed by atoms with Crippen LogP contribution in [0, 0.1) is 0 Å². The lowest BCUT2D eigenvalue weighted by atomic mass is 10.4. The van der Waals surface area contributed by atoms with Crippen LogP contribution in [-0.2, 0) is 21.1 Å². The second-order valence-electron chi connectivity index (χ2n) is 2.99. The maximum atomic E-state index is 10.8. The molecule has 0 aromatic carbocycles. The van der Waals surface area contributed by atoms with Gasteiger partial charge in [0.25, 0.3) is 0 Å².